The van der Waals surface area contributed by atoms with Crippen LogP contribution < -0.4 is 20.7 Å². The fraction of sp³-hybridized carbons (Fsp3) is 0.0667. The largest absolute Gasteiger partial charge is 0.595 e. The predicted octanol–water partition coefficient (Wildman–Crippen LogP) is -0.136. The van der Waals surface area contributed by atoms with Crippen LogP contribution in [0.4, 0.5) is 14.9 Å². The van der Waals surface area contributed by atoms with E-state index < -0.39 is 29.5 Å². The molecule has 0 fully saturated rings. The number of halogens is 1. The number of carbonyl (C=O) groups is 2. The van der Waals surface area contributed by atoms with Gasteiger partial charge in [0.05, 0.1) is 10.7 Å². The van der Waals surface area contributed by atoms with E-state index in [-0.39, 0.29) is 22.4 Å². The van der Waals surface area contributed by atoms with Crippen LogP contribution in [0.2, 0.25) is 0 Å². The molecule has 1 heterocycles. The van der Waals surface area contributed by atoms with Crippen LogP contribution in [0.1, 0.15) is 10.4 Å². The van der Waals surface area contributed by atoms with Crippen molar-refractivity contribution in [3.8, 4) is 5.75 Å². The molecule has 9 heteroatoms. The number of nitrogens with one attached hydrogen (secondary N) is 1. The molecule has 2 amide bonds. The van der Waals surface area contributed by atoms with Crippen LogP contribution in [0.3, 0.4) is 0 Å². The fourth-order valence-corrected chi connectivity index (χ4v) is 2.13. The number of amides is 2. The first-order valence-corrected chi connectivity index (χ1v) is 6.74. The van der Waals surface area contributed by atoms with Gasteiger partial charge in [-0.3, -0.25) is 4.79 Å². The molecule has 2 aromatic rings. The molecular weight excluding hydrogens is 321 g/mol. The van der Waals surface area contributed by atoms with E-state index >= 15 is 0 Å². The van der Waals surface area contributed by atoms with Crippen molar-refractivity contribution in [2.24, 2.45) is 9.98 Å². The van der Waals surface area contributed by atoms with Gasteiger partial charge in [0.2, 0.25) is 5.69 Å². The maximum Gasteiger partial charge on any atom is 0.368 e. The first-order chi connectivity index (χ1) is 11.4. The van der Waals surface area contributed by atoms with Gasteiger partial charge in [0.15, 0.2) is 18.1 Å². The Morgan fingerprint density at radius 2 is 1.96 bits per heavy atom. The quantitative estimate of drug-likeness (QED) is 0.584. The molecule has 1 aliphatic rings. The summed E-state index contributed by atoms with van der Waals surface area (Å²) in [5.41, 5.74) is -0.0340. The Morgan fingerprint density at radius 3 is 2.71 bits per heavy atom. The van der Waals surface area contributed by atoms with Gasteiger partial charge < -0.3 is 9.94 Å². The molecule has 0 radical (unpaired) electrons. The summed E-state index contributed by atoms with van der Waals surface area (Å²) >= 11 is 0. The average Bonchev–Trinajstić information content (AvgIpc) is 2.91. The lowest BCUT2D eigenvalue weighted by Crippen LogP contribution is -2.99. The highest BCUT2D eigenvalue weighted by Gasteiger charge is 2.15. The Balaban J connectivity index is 1.79. The number of hydrogen-bond acceptors (Lipinski definition) is 5. The standard InChI is InChI=1S/C15H10FN3O5/c16-9-2-4-12(19(22)23)14(6-9)24-7-13(20)8-1-3-10-11(5-8)18-15(21)17-10/h1-6,19,22H,7H2. The van der Waals surface area contributed by atoms with Crippen molar-refractivity contribution in [1.29, 1.82) is 0 Å². The summed E-state index contributed by atoms with van der Waals surface area (Å²) in [6.07, 6.45) is 0. The van der Waals surface area contributed by atoms with E-state index in [9.17, 15) is 19.2 Å². The van der Waals surface area contributed by atoms with Gasteiger partial charge in [-0.1, -0.05) is 0 Å². The van der Waals surface area contributed by atoms with Crippen molar-refractivity contribution in [3.05, 3.63) is 63.7 Å². The molecule has 0 saturated carbocycles. The average molecular weight is 331 g/mol. The van der Waals surface area contributed by atoms with Gasteiger partial charge in [-0.15, -0.1) is 0 Å². The molecule has 0 aliphatic carbocycles. The number of fused-ring (bicyclic) bond motifs is 1. The molecule has 24 heavy (non-hydrogen) atoms. The fourth-order valence-electron chi connectivity index (χ4n) is 2.13. The predicted molar refractivity (Wildman–Crippen MR) is 76.2 cm³/mol. The molecule has 2 aromatic carbocycles. The summed E-state index contributed by atoms with van der Waals surface area (Å²) in [6.45, 7) is -0.492. The van der Waals surface area contributed by atoms with Crippen molar-refractivity contribution in [3.63, 3.8) is 0 Å². The van der Waals surface area contributed by atoms with Crippen molar-refractivity contribution >= 4 is 17.5 Å². The Bertz CT molecular complexity index is 958. The molecule has 122 valence electrons. The van der Waals surface area contributed by atoms with Crippen LogP contribution in [0.15, 0.2) is 46.4 Å². The minimum absolute atomic E-state index is 0.218. The third kappa shape index (κ3) is 3.18. The molecule has 3 rings (SSSR count). The lowest BCUT2D eigenvalue weighted by Gasteiger charge is -2.15. The van der Waals surface area contributed by atoms with Crippen LogP contribution in [0, 0.1) is 11.0 Å². The zero-order valence-corrected chi connectivity index (χ0v) is 12.0. The molecule has 1 unspecified atom stereocenters. The lowest BCUT2D eigenvalue weighted by molar-refractivity contribution is -0.991. The smallest absolute Gasteiger partial charge is 0.368 e. The Labute approximate surface area is 133 Å². The van der Waals surface area contributed by atoms with Gasteiger partial charge in [0.1, 0.15) is 5.82 Å². The van der Waals surface area contributed by atoms with Crippen molar-refractivity contribution in [1.82, 2.24) is 0 Å². The molecule has 0 spiro atoms. The van der Waals surface area contributed by atoms with E-state index in [4.69, 9.17) is 9.94 Å². The molecule has 2 N–H and O–H groups in total. The van der Waals surface area contributed by atoms with Gasteiger partial charge in [-0.05, 0) is 24.3 Å². The minimum atomic E-state index is -1.30. The number of ether oxygens (including phenoxy) is 1. The summed E-state index contributed by atoms with van der Waals surface area (Å²) in [7, 11) is 0. The Kier molecular flexibility index (Phi) is 4.13. The molecule has 1 atom stereocenters. The number of quaternary nitrogens is 1. The third-order valence-corrected chi connectivity index (χ3v) is 3.26. The van der Waals surface area contributed by atoms with Gasteiger partial charge in [0.25, 0.3) is 0 Å². The zero-order chi connectivity index (χ0) is 17.3. The summed E-state index contributed by atoms with van der Waals surface area (Å²) in [5, 5.41) is 19.4. The number of ketones is 1. The highest BCUT2D eigenvalue weighted by Crippen LogP contribution is 2.22. The van der Waals surface area contributed by atoms with Crippen LogP contribution in [-0.4, -0.2) is 23.6 Å². The maximum absolute atomic E-state index is 13.2. The van der Waals surface area contributed by atoms with E-state index in [0.29, 0.717) is 5.36 Å². The number of hydrogen-bond donors (Lipinski definition) is 2. The third-order valence-electron chi connectivity index (χ3n) is 3.26. The molecule has 0 saturated heterocycles. The minimum Gasteiger partial charge on any atom is -0.595 e. The summed E-state index contributed by atoms with van der Waals surface area (Å²) < 4.78 is 18.4. The van der Waals surface area contributed by atoms with Crippen LogP contribution >= 0.6 is 0 Å². The monoisotopic (exact) mass is 331 g/mol. The number of Topliss-reactive ketones (excluding diaryl/α,β-unsaturated/α-hetero) is 1. The van der Waals surface area contributed by atoms with Crippen molar-refractivity contribution in [2.45, 2.75) is 0 Å². The van der Waals surface area contributed by atoms with Gasteiger partial charge in [-0.2, -0.15) is 15.2 Å². The van der Waals surface area contributed by atoms with E-state index in [2.05, 4.69) is 9.98 Å². The number of carbonyl (C=O) groups excluding carboxylic acids is 2. The highest BCUT2D eigenvalue weighted by atomic mass is 19.1. The molecular formula is C15H10FN3O5. The summed E-state index contributed by atoms with van der Waals surface area (Å²) in [4.78, 5) is 30.5. The normalized spacial score (nSPS) is 13.7. The van der Waals surface area contributed by atoms with Crippen LogP contribution in [0.5, 0.6) is 5.75 Å². The van der Waals surface area contributed by atoms with Gasteiger partial charge >= 0.3 is 6.03 Å². The van der Waals surface area contributed by atoms with E-state index in [1.54, 1.807) is 0 Å². The van der Waals surface area contributed by atoms with Gasteiger partial charge in [0, 0.05) is 17.7 Å². The second-order valence-electron chi connectivity index (χ2n) is 4.87. The van der Waals surface area contributed by atoms with Crippen molar-refractivity contribution in [2.75, 3.05) is 6.61 Å². The van der Waals surface area contributed by atoms with Crippen LogP contribution in [0.25, 0.3) is 0 Å². The SMILES string of the molecule is O=C1N=c2ccc(C(=O)COc3cc(F)ccc3[NH+]([O-])O)cc2=N1. The molecule has 0 bridgehead atoms. The van der Waals surface area contributed by atoms with Crippen LogP contribution in [-0.2, 0) is 0 Å². The Morgan fingerprint density at radius 1 is 1.21 bits per heavy atom. The summed E-state index contributed by atoms with van der Waals surface area (Å²) in [6, 6.07) is 6.61. The number of rotatable bonds is 5. The van der Waals surface area contributed by atoms with E-state index in [1.165, 1.54) is 18.2 Å². The van der Waals surface area contributed by atoms with Gasteiger partial charge in [-0.25, -0.2) is 14.4 Å². The Hall–Kier alpha value is -3.01. The number of nitrogens with zero attached hydrogens (tertiary/aromatic N) is 2. The number of urea groups is 1. The number of benzene rings is 2. The molecule has 0 aromatic heterocycles. The second-order valence-corrected chi connectivity index (χ2v) is 4.87. The second kappa shape index (κ2) is 6.24. The highest BCUT2D eigenvalue weighted by molar-refractivity contribution is 5.97. The zero-order valence-electron chi connectivity index (χ0n) is 12.0. The van der Waals surface area contributed by atoms with Crippen molar-refractivity contribution < 1.29 is 29.2 Å². The molecule has 8 nitrogen and oxygen atoms in total. The van der Waals surface area contributed by atoms with E-state index in [0.717, 1.165) is 18.2 Å². The van der Waals surface area contributed by atoms with E-state index in [1.807, 2.05) is 0 Å². The molecule has 1 aliphatic heterocycles. The lowest BCUT2D eigenvalue weighted by atomic mass is 10.1. The topological polar surface area (TPSA) is 116 Å². The first kappa shape index (κ1) is 15.9. The summed E-state index contributed by atoms with van der Waals surface area (Å²) in [5.74, 6) is -1.40. The maximum atomic E-state index is 13.2. The first-order valence-electron chi connectivity index (χ1n) is 6.74.